The van der Waals surface area contributed by atoms with Crippen molar-refractivity contribution >= 4 is 0 Å². The molecule has 2 atom stereocenters. The molecule has 0 radical (unpaired) electrons. The first-order valence-electron chi connectivity index (χ1n) is 8.13. The largest absolute Gasteiger partial charge is 0.308 e. The Kier molecular flexibility index (Phi) is 4.71. The van der Waals surface area contributed by atoms with E-state index in [0.29, 0.717) is 5.54 Å². The summed E-state index contributed by atoms with van der Waals surface area (Å²) in [5.74, 6) is 1.94. The van der Waals surface area contributed by atoms with Gasteiger partial charge in [0.1, 0.15) is 0 Å². The fourth-order valence-electron chi connectivity index (χ4n) is 3.56. The average Bonchev–Trinajstić information content (AvgIpc) is 3.23. The van der Waals surface area contributed by atoms with Crippen molar-refractivity contribution in [2.45, 2.75) is 71.4 Å². The van der Waals surface area contributed by atoms with Gasteiger partial charge in [0.05, 0.1) is 0 Å². The summed E-state index contributed by atoms with van der Waals surface area (Å²) in [4.78, 5) is 2.80. The van der Waals surface area contributed by atoms with Crippen LogP contribution in [0.3, 0.4) is 0 Å². The van der Waals surface area contributed by atoms with E-state index >= 15 is 0 Å². The minimum Gasteiger partial charge on any atom is -0.308 e. The number of nitrogens with one attached hydrogen (secondary N) is 1. The molecule has 2 nitrogen and oxygen atoms in total. The lowest BCUT2D eigenvalue weighted by Gasteiger charge is -2.48. The molecule has 1 saturated heterocycles. The molecule has 1 aliphatic carbocycles. The summed E-state index contributed by atoms with van der Waals surface area (Å²) in [6.45, 7) is 13.3. The van der Waals surface area contributed by atoms with Crippen molar-refractivity contribution in [2.24, 2.45) is 11.8 Å². The minimum absolute atomic E-state index is 0.384. The van der Waals surface area contributed by atoms with Crippen LogP contribution in [0.15, 0.2) is 0 Å². The third-order valence-corrected chi connectivity index (χ3v) is 5.51. The average molecular weight is 252 g/mol. The monoisotopic (exact) mass is 252 g/mol. The zero-order valence-corrected chi connectivity index (χ0v) is 12.8. The highest BCUT2D eigenvalue weighted by Gasteiger charge is 2.38. The maximum atomic E-state index is 3.84. The van der Waals surface area contributed by atoms with Crippen LogP contribution in [0.25, 0.3) is 0 Å². The van der Waals surface area contributed by atoms with Crippen LogP contribution in [-0.2, 0) is 0 Å². The molecule has 0 amide bonds. The standard InChI is InChI=1S/C16H32N2/c1-5-15-10-17-16(6-2,7-3)12-18(15)11-13(4)14-8-9-14/h13-15,17H,5-12H2,1-4H3. The molecule has 2 heteroatoms. The lowest BCUT2D eigenvalue weighted by molar-refractivity contribution is 0.0566. The van der Waals surface area contributed by atoms with Gasteiger partial charge in [-0.25, -0.2) is 0 Å². The smallest absolute Gasteiger partial charge is 0.0304 e. The van der Waals surface area contributed by atoms with Crippen molar-refractivity contribution in [2.75, 3.05) is 19.6 Å². The van der Waals surface area contributed by atoms with Crippen LogP contribution in [0.2, 0.25) is 0 Å². The third kappa shape index (κ3) is 3.08. The highest BCUT2D eigenvalue weighted by Crippen LogP contribution is 2.37. The van der Waals surface area contributed by atoms with Crippen LogP contribution in [-0.4, -0.2) is 36.1 Å². The van der Waals surface area contributed by atoms with E-state index in [4.69, 9.17) is 0 Å². The van der Waals surface area contributed by atoms with E-state index in [1.54, 1.807) is 0 Å². The maximum Gasteiger partial charge on any atom is 0.0304 e. The first-order valence-corrected chi connectivity index (χ1v) is 8.13. The molecule has 106 valence electrons. The SMILES string of the molecule is CCC1CNC(CC)(CC)CN1CC(C)C1CC1. The van der Waals surface area contributed by atoms with Gasteiger partial charge in [0.25, 0.3) is 0 Å². The van der Waals surface area contributed by atoms with Gasteiger partial charge in [-0.3, -0.25) is 4.90 Å². The predicted molar refractivity (Wildman–Crippen MR) is 78.9 cm³/mol. The summed E-state index contributed by atoms with van der Waals surface area (Å²) in [5, 5.41) is 3.84. The van der Waals surface area contributed by atoms with Crippen LogP contribution in [0.1, 0.15) is 59.8 Å². The van der Waals surface area contributed by atoms with E-state index in [1.165, 1.54) is 51.7 Å². The Bertz CT molecular complexity index is 256. The number of hydrogen-bond acceptors (Lipinski definition) is 2. The van der Waals surface area contributed by atoms with Crippen molar-refractivity contribution in [3.63, 3.8) is 0 Å². The van der Waals surface area contributed by atoms with E-state index in [2.05, 4.69) is 37.9 Å². The predicted octanol–water partition coefficient (Wildman–Crippen LogP) is 3.28. The first-order chi connectivity index (χ1) is 8.64. The van der Waals surface area contributed by atoms with Crippen LogP contribution in [0, 0.1) is 11.8 Å². The lowest BCUT2D eigenvalue weighted by atomic mass is 9.87. The van der Waals surface area contributed by atoms with Gasteiger partial charge in [-0.15, -0.1) is 0 Å². The molecule has 0 aromatic carbocycles. The van der Waals surface area contributed by atoms with Gasteiger partial charge >= 0.3 is 0 Å². The van der Waals surface area contributed by atoms with Gasteiger partial charge in [-0.1, -0.05) is 27.7 Å². The van der Waals surface area contributed by atoms with Crippen molar-refractivity contribution in [3.8, 4) is 0 Å². The highest BCUT2D eigenvalue weighted by molar-refractivity contribution is 4.97. The Morgan fingerprint density at radius 2 is 1.89 bits per heavy atom. The maximum absolute atomic E-state index is 3.84. The van der Waals surface area contributed by atoms with Crippen molar-refractivity contribution in [1.82, 2.24) is 10.2 Å². The molecule has 0 aromatic rings. The molecule has 1 N–H and O–H groups in total. The first kappa shape index (κ1) is 14.3. The second-order valence-electron chi connectivity index (χ2n) is 6.67. The molecule has 2 aliphatic rings. The van der Waals surface area contributed by atoms with Crippen molar-refractivity contribution < 1.29 is 0 Å². The summed E-state index contributed by atoms with van der Waals surface area (Å²) < 4.78 is 0. The molecule has 0 aromatic heterocycles. The number of rotatable bonds is 6. The Morgan fingerprint density at radius 1 is 1.22 bits per heavy atom. The fourth-order valence-corrected chi connectivity index (χ4v) is 3.56. The lowest BCUT2D eigenvalue weighted by Crippen LogP contribution is -2.64. The molecule has 2 fully saturated rings. The van der Waals surface area contributed by atoms with Crippen molar-refractivity contribution in [1.29, 1.82) is 0 Å². The molecule has 18 heavy (non-hydrogen) atoms. The molecular formula is C16H32N2. The van der Waals surface area contributed by atoms with Crippen LogP contribution in [0.5, 0.6) is 0 Å². The molecule has 0 spiro atoms. The molecule has 1 heterocycles. The van der Waals surface area contributed by atoms with E-state index in [1.807, 2.05) is 0 Å². The highest BCUT2D eigenvalue weighted by atomic mass is 15.3. The molecule has 1 aliphatic heterocycles. The van der Waals surface area contributed by atoms with Gasteiger partial charge in [-0.2, -0.15) is 0 Å². The summed E-state index contributed by atoms with van der Waals surface area (Å²) in [6.07, 6.45) is 6.77. The van der Waals surface area contributed by atoms with Crippen LogP contribution < -0.4 is 5.32 Å². The Labute approximate surface area is 114 Å². The number of nitrogens with zero attached hydrogens (tertiary/aromatic N) is 1. The molecular weight excluding hydrogens is 220 g/mol. The van der Waals surface area contributed by atoms with E-state index in [0.717, 1.165) is 17.9 Å². The van der Waals surface area contributed by atoms with Crippen LogP contribution >= 0.6 is 0 Å². The Balaban J connectivity index is 1.97. The van der Waals surface area contributed by atoms with Gasteiger partial charge in [0.15, 0.2) is 0 Å². The molecule has 2 rings (SSSR count). The van der Waals surface area contributed by atoms with E-state index in [-0.39, 0.29) is 0 Å². The zero-order chi connectivity index (χ0) is 13.2. The zero-order valence-electron chi connectivity index (χ0n) is 12.8. The van der Waals surface area contributed by atoms with Crippen molar-refractivity contribution in [3.05, 3.63) is 0 Å². The summed E-state index contributed by atoms with van der Waals surface area (Å²) in [7, 11) is 0. The van der Waals surface area contributed by atoms with Gasteiger partial charge in [0, 0.05) is 31.2 Å². The second-order valence-corrected chi connectivity index (χ2v) is 6.67. The summed E-state index contributed by atoms with van der Waals surface area (Å²) in [5.41, 5.74) is 0.384. The minimum atomic E-state index is 0.384. The third-order valence-electron chi connectivity index (χ3n) is 5.51. The molecule has 2 unspecified atom stereocenters. The number of hydrogen-bond donors (Lipinski definition) is 1. The topological polar surface area (TPSA) is 15.3 Å². The fraction of sp³-hybridized carbons (Fsp3) is 1.00. The summed E-state index contributed by atoms with van der Waals surface area (Å²) >= 11 is 0. The number of piperazine rings is 1. The molecule has 1 saturated carbocycles. The molecule has 0 bridgehead atoms. The summed E-state index contributed by atoms with van der Waals surface area (Å²) in [6, 6.07) is 0.762. The van der Waals surface area contributed by atoms with E-state index < -0.39 is 0 Å². The quantitative estimate of drug-likeness (QED) is 0.780. The van der Waals surface area contributed by atoms with Crippen LogP contribution in [0.4, 0.5) is 0 Å². The van der Waals surface area contributed by atoms with Gasteiger partial charge in [-0.05, 0) is 43.9 Å². The van der Waals surface area contributed by atoms with E-state index in [9.17, 15) is 0 Å². The Hall–Kier alpha value is -0.0800. The van der Waals surface area contributed by atoms with Gasteiger partial charge < -0.3 is 5.32 Å². The van der Waals surface area contributed by atoms with Gasteiger partial charge in [0.2, 0.25) is 0 Å². The second kappa shape index (κ2) is 5.92. The normalized spacial score (nSPS) is 30.3. The Morgan fingerprint density at radius 3 is 2.39 bits per heavy atom.